The third-order valence-corrected chi connectivity index (χ3v) is 2.47. The molecular weight excluding hydrogens is 230 g/mol. The third kappa shape index (κ3) is 4.31. The Morgan fingerprint density at radius 1 is 1.62 bits per heavy atom. The van der Waals surface area contributed by atoms with Crippen LogP contribution in [0.3, 0.4) is 0 Å². The van der Waals surface area contributed by atoms with Gasteiger partial charge in [0.25, 0.3) is 0 Å². The zero-order valence-electron chi connectivity index (χ0n) is 7.72. The quantitative estimate of drug-likeness (QED) is 0.584. The van der Waals surface area contributed by atoms with E-state index >= 15 is 0 Å². The summed E-state index contributed by atoms with van der Waals surface area (Å²) in [6, 6.07) is 0. The topological polar surface area (TPSA) is 50.4 Å². The zero-order valence-corrected chi connectivity index (χ0v) is 9.31. The fourth-order valence-corrected chi connectivity index (χ4v) is 1.30. The summed E-state index contributed by atoms with van der Waals surface area (Å²) in [5.74, 6) is 1.33. The predicted octanol–water partition coefficient (Wildman–Crippen LogP) is 1.60. The third-order valence-electron chi connectivity index (χ3n) is 2.22. The van der Waals surface area contributed by atoms with Gasteiger partial charge < -0.3 is 11.1 Å². The first kappa shape index (κ1) is 10.6. The molecule has 0 aliphatic heterocycles. The van der Waals surface area contributed by atoms with Crippen molar-refractivity contribution in [1.82, 2.24) is 5.32 Å². The van der Waals surface area contributed by atoms with Crippen molar-refractivity contribution in [2.45, 2.75) is 19.3 Å². The number of rotatable bonds is 4. The Morgan fingerprint density at radius 2 is 2.31 bits per heavy atom. The summed E-state index contributed by atoms with van der Waals surface area (Å²) < 4.78 is 0.848. The van der Waals surface area contributed by atoms with Crippen LogP contribution in [-0.2, 0) is 0 Å². The molecule has 0 saturated heterocycles. The highest BCUT2D eigenvalue weighted by Crippen LogP contribution is 2.24. The van der Waals surface area contributed by atoms with Crippen LogP contribution >= 0.6 is 15.9 Å². The van der Waals surface area contributed by atoms with E-state index in [1.54, 1.807) is 0 Å². The molecule has 0 aromatic heterocycles. The molecule has 74 valence electrons. The van der Waals surface area contributed by atoms with Crippen LogP contribution in [0.5, 0.6) is 0 Å². The largest absolute Gasteiger partial charge is 0.370 e. The standard InChI is InChI=1S/C9H16BrN3/c1-7(10)5-12-9(11)13-6-8-3-2-4-8/h8H,1-6H2,(H3,11,12,13). The van der Waals surface area contributed by atoms with Crippen molar-refractivity contribution in [3.8, 4) is 0 Å². The molecule has 0 aromatic rings. The average molecular weight is 246 g/mol. The summed E-state index contributed by atoms with van der Waals surface area (Å²) in [5, 5.41) is 3.11. The van der Waals surface area contributed by atoms with E-state index in [-0.39, 0.29) is 0 Å². The predicted molar refractivity (Wildman–Crippen MR) is 59.9 cm³/mol. The Labute approximate surface area is 87.6 Å². The molecule has 3 nitrogen and oxygen atoms in total. The molecule has 1 saturated carbocycles. The molecule has 1 fully saturated rings. The van der Waals surface area contributed by atoms with Crippen LogP contribution in [0.15, 0.2) is 16.1 Å². The second kappa shape index (κ2) is 5.27. The zero-order chi connectivity index (χ0) is 9.68. The summed E-state index contributed by atoms with van der Waals surface area (Å²) in [6.45, 7) is 5.18. The highest BCUT2D eigenvalue weighted by molar-refractivity contribution is 9.11. The van der Waals surface area contributed by atoms with Gasteiger partial charge in [-0.25, -0.2) is 4.99 Å². The molecule has 0 spiro atoms. The number of guanidine groups is 1. The highest BCUT2D eigenvalue weighted by atomic mass is 79.9. The van der Waals surface area contributed by atoms with Crippen LogP contribution in [-0.4, -0.2) is 19.0 Å². The van der Waals surface area contributed by atoms with Gasteiger partial charge in [0.15, 0.2) is 5.96 Å². The van der Waals surface area contributed by atoms with Crippen LogP contribution in [0.25, 0.3) is 0 Å². The highest BCUT2D eigenvalue weighted by Gasteiger charge is 2.16. The number of nitrogens with zero attached hydrogens (tertiary/aromatic N) is 1. The van der Waals surface area contributed by atoms with Crippen molar-refractivity contribution in [2.24, 2.45) is 16.6 Å². The number of halogens is 1. The molecule has 0 radical (unpaired) electrons. The molecule has 1 aliphatic carbocycles. The Bertz CT molecular complexity index is 209. The van der Waals surface area contributed by atoms with Crippen molar-refractivity contribution < 1.29 is 0 Å². The first-order chi connectivity index (χ1) is 6.18. The fourth-order valence-electron chi connectivity index (χ4n) is 1.17. The first-order valence-electron chi connectivity index (χ1n) is 4.55. The van der Waals surface area contributed by atoms with Gasteiger partial charge in [0, 0.05) is 11.0 Å². The van der Waals surface area contributed by atoms with E-state index in [9.17, 15) is 0 Å². The minimum Gasteiger partial charge on any atom is -0.370 e. The van der Waals surface area contributed by atoms with Crippen molar-refractivity contribution in [3.05, 3.63) is 11.1 Å². The Kier molecular flexibility index (Phi) is 4.28. The number of aliphatic imine (C=N–C) groups is 1. The first-order valence-corrected chi connectivity index (χ1v) is 5.35. The van der Waals surface area contributed by atoms with E-state index < -0.39 is 0 Å². The van der Waals surface area contributed by atoms with E-state index in [1.807, 2.05) is 0 Å². The minimum absolute atomic E-state index is 0.521. The number of hydrogen-bond acceptors (Lipinski definition) is 1. The van der Waals surface area contributed by atoms with Crippen LogP contribution < -0.4 is 11.1 Å². The Morgan fingerprint density at radius 3 is 2.77 bits per heavy atom. The fraction of sp³-hybridized carbons (Fsp3) is 0.667. The lowest BCUT2D eigenvalue weighted by Crippen LogP contribution is -2.37. The molecule has 1 aliphatic rings. The smallest absolute Gasteiger partial charge is 0.188 e. The summed E-state index contributed by atoms with van der Waals surface area (Å²) in [6.07, 6.45) is 4.01. The van der Waals surface area contributed by atoms with Gasteiger partial charge in [-0.1, -0.05) is 28.9 Å². The number of nitrogens with two attached hydrogens (primary N) is 1. The van der Waals surface area contributed by atoms with Gasteiger partial charge in [-0.2, -0.15) is 0 Å². The van der Waals surface area contributed by atoms with E-state index in [1.165, 1.54) is 19.3 Å². The van der Waals surface area contributed by atoms with Gasteiger partial charge in [0.05, 0.1) is 6.54 Å². The minimum atomic E-state index is 0.521. The van der Waals surface area contributed by atoms with Crippen molar-refractivity contribution in [3.63, 3.8) is 0 Å². The Hall–Kier alpha value is -0.510. The van der Waals surface area contributed by atoms with Crippen LogP contribution in [0.4, 0.5) is 0 Å². The van der Waals surface area contributed by atoms with E-state index in [2.05, 4.69) is 32.8 Å². The van der Waals surface area contributed by atoms with Gasteiger partial charge >= 0.3 is 0 Å². The normalized spacial score (nSPS) is 18.1. The molecule has 13 heavy (non-hydrogen) atoms. The van der Waals surface area contributed by atoms with Gasteiger partial charge in [-0.3, -0.25) is 0 Å². The molecule has 0 aromatic carbocycles. The lowest BCUT2D eigenvalue weighted by atomic mass is 9.85. The molecule has 0 amide bonds. The van der Waals surface area contributed by atoms with Crippen LogP contribution in [0.1, 0.15) is 19.3 Å². The molecule has 1 rings (SSSR count). The molecule has 0 heterocycles. The van der Waals surface area contributed by atoms with Gasteiger partial charge in [0.1, 0.15) is 0 Å². The monoisotopic (exact) mass is 245 g/mol. The van der Waals surface area contributed by atoms with Crippen molar-refractivity contribution >= 4 is 21.9 Å². The summed E-state index contributed by atoms with van der Waals surface area (Å²) in [7, 11) is 0. The number of hydrogen-bond donors (Lipinski definition) is 2. The molecule has 3 N–H and O–H groups in total. The van der Waals surface area contributed by atoms with Gasteiger partial charge in [-0.05, 0) is 18.8 Å². The summed E-state index contributed by atoms with van der Waals surface area (Å²) in [5.41, 5.74) is 5.63. The van der Waals surface area contributed by atoms with Gasteiger partial charge in [-0.15, -0.1) is 0 Å². The Balaban J connectivity index is 2.11. The lowest BCUT2D eigenvalue weighted by molar-refractivity contribution is 0.315. The SMILES string of the molecule is C=C(Br)CN=C(N)NCC1CCC1. The van der Waals surface area contributed by atoms with Crippen LogP contribution in [0, 0.1) is 5.92 Å². The average Bonchev–Trinajstić information content (AvgIpc) is 1.98. The second-order valence-corrected chi connectivity index (χ2v) is 4.52. The molecule has 0 bridgehead atoms. The maximum absolute atomic E-state index is 5.63. The van der Waals surface area contributed by atoms with Crippen molar-refractivity contribution in [1.29, 1.82) is 0 Å². The van der Waals surface area contributed by atoms with Crippen LogP contribution in [0.2, 0.25) is 0 Å². The molecule has 0 atom stereocenters. The molecular formula is C9H16BrN3. The summed E-state index contributed by atoms with van der Waals surface area (Å²) >= 11 is 3.22. The lowest BCUT2D eigenvalue weighted by Gasteiger charge is -2.25. The second-order valence-electron chi connectivity index (χ2n) is 3.40. The maximum Gasteiger partial charge on any atom is 0.188 e. The van der Waals surface area contributed by atoms with Crippen molar-refractivity contribution in [2.75, 3.05) is 13.1 Å². The van der Waals surface area contributed by atoms with E-state index in [0.717, 1.165) is 16.9 Å². The van der Waals surface area contributed by atoms with E-state index in [0.29, 0.717) is 12.5 Å². The summed E-state index contributed by atoms with van der Waals surface area (Å²) in [4.78, 5) is 4.09. The van der Waals surface area contributed by atoms with Gasteiger partial charge in [0.2, 0.25) is 0 Å². The molecule has 0 unspecified atom stereocenters. The van der Waals surface area contributed by atoms with E-state index in [4.69, 9.17) is 5.73 Å². The maximum atomic E-state index is 5.63. The molecule has 4 heteroatoms. The number of nitrogens with one attached hydrogen (secondary N) is 1.